The molecule has 116 valence electrons. The molecule has 3 nitrogen and oxygen atoms in total. The van der Waals surface area contributed by atoms with E-state index in [9.17, 15) is 13.6 Å². The van der Waals surface area contributed by atoms with Gasteiger partial charge in [-0.1, -0.05) is 29.3 Å². The minimum atomic E-state index is -0.878. The quantitative estimate of drug-likeness (QED) is 0.636. The molecule has 0 aliphatic rings. The van der Waals surface area contributed by atoms with Crippen LogP contribution in [0.2, 0.25) is 10.0 Å². The van der Waals surface area contributed by atoms with Gasteiger partial charge in [-0.05, 0) is 36.4 Å². The average molecular weight is 353 g/mol. The van der Waals surface area contributed by atoms with Crippen LogP contribution in [0.25, 0.3) is 6.08 Å². The Hall–Kier alpha value is -2.42. The Morgan fingerprint density at radius 3 is 2.22 bits per heavy atom. The van der Waals surface area contributed by atoms with Crippen LogP contribution in [-0.4, -0.2) is 5.91 Å². The molecule has 2 rings (SSSR count). The normalized spacial score (nSPS) is 11.0. The first-order valence-electron chi connectivity index (χ1n) is 6.24. The van der Waals surface area contributed by atoms with Crippen LogP contribution in [0.4, 0.5) is 14.5 Å². The number of amides is 1. The summed E-state index contributed by atoms with van der Waals surface area (Å²) in [6, 6.07) is 9.15. The van der Waals surface area contributed by atoms with Gasteiger partial charge in [-0.25, -0.2) is 8.78 Å². The van der Waals surface area contributed by atoms with E-state index in [-0.39, 0.29) is 15.7 Å². The van der Waals surface area contributed by atoms with Gasteiger partial charge in [-0.15, -0.1) is 0 Å². The van der Waals surface area contributed by atoms with Crippen molar-refractivity contribution in [3.05, 3.63) is 69.2 Å². The predicted molar refractivity (Wildman–Crippen MR) is 85.0 cm³/mol. The lowest BCUT2D eigenvalue weighted by Gasteiger charge is -2.06. The van der Waals surface area contributed by atoms with Gasteiger partial charge in [0.2, 0.25) is 0 Å². The SMILES string of the molecule is N#C/C(=C\c1c(F)cccc1F)C(=O)Nc1cc(Cl)cc(Cl)c1. The Morgan fingerprint density at radius 2 is 1.70 bits per heavy atom. The molecular weight excluding hydrogens is 345 g/mol. The summed E-state index contributed by atoms with van der Waals surface area (Å²) in [6.45, 7) is 0. The Kier molecular flexibility index (Phi) is 5.32. The fourth-order valence-electron chi connectivity index (χ4n) is 1.77. The standard InChI is InChI=1S/C16H8Cl2F2N2O/c17-10-5-11(18)7-12(6-10)22-16(23)9(8-21)4-13-14(19)2-1-3-15(13)20/h1-7H,(H,22,23)/b9-4+. The van der Waals surface area contributed by atoms with Crippen molar-refractivity contribution in [3.8, 4) is 6.07 Å². The first-order valence-corrected chi connectivity index (χ1v) is 6.99. The Labute approximate surface area is 140 Å². The Morgan fingerprint density at radius 1 is 1.13 bits per heavy atom. The van der Waals surface area contributed by atoms with Gasteiger partial charge >= 0.3 is 0 Å². The number of rotatable bonds is 3. The van der Waals surface area contributed by atoms with E-state index in [1.807, 2.05) is 0 Å². The lowest BCUT2D eigenvalue weighted by molar-refractivity contribution is -0.112. The van der Waals surface area contributed by atoms with Crippen LogP contribution >= 0.6 is 23.2 Å². The van der Waals surface area contributed by atoms with Crippen molar-refractivity contribution >= 4 is 40.9 Å². The van der Waals surface area contributed by atoms with E-state index in [4.69, 9.17) is 28.5 Å². The fraction of sp³-hybridized carbons (Fsp3) is 0. The third-order valence-electron chi connectivity index (χ3n) is 2.77. The molecule has 2 aromatic carbocycles. The second-order valence-corrected chi connectivity index (χ2v) is 5.29. The van der Waals surface area contributed by atoms with Crippen molar-refractivity contribution < 1.29 is 13.6 Å². The van der Waals surface area contributed by atoms with E-state index in [1.54, 1.807) is 6.07 Å². The molecule has 0 radical (unpaired) electrons. The second kappa shape index (κ2) is 7.23. The van der Waals surface area contributed by atoms with Crippen molar-refractivity contribution in [2.45, 2.75) is 0 Å². The molecule has 0 heterocycles. The number of nitriles is 1. The van der Waals surface area contributed by atoms with E-state index >= 15 is 0 Å². The zero-order chi connectivity index (χ0) is 17.0. The number of hydrogen-bond acceptors (Lipinski definition) is 2. The van der Waals surface area contributed by atoms with E-state index in [0.29, 0.717) is 0 Å². The van der Waals surface area contributed by atoms with Crippen molar-refractivity contribution in [1.82, 2.24) is 0 Å². The molecule has 1 amide bonds. The molecule has 0 aromatic heterocycles. The van der Waals surface area contributed by atoms with E-state index < -0.39 is 28.7 Å². The van der Waals surface area contributed by atoms with Gasteiger partial charge in [0.1, 0.15) is 23.3 Å². The van der Waals surface area contributed by atoms with E-state index in [2.05, 4.69) is 5.32 Å². The minimum Gasteiger partial charge on any atom is -0.321 e. The van der Waals surface area contributed by atoms with Gasteiger partial charge in [0.05, 0.1) is 0 Å². The van der Waals surface area contributed by atoms with Crippen molar-refractivity contribution in [2.24, 2.45) is 0 Å². The molecule has 0 fully saturated rings. The van der Waals surface area contributed by atoms with Gasteiger partial charge in [0.25, 0.3) is 5.91 Å². The Bertz CT molecular complexity index is 804. The summed E-state index contributed by atoms with van der Waals surface area (Å²) in [7, 11) is 0. The average Bonchev–Trinajstić information content (AvgIpc) is 2.45. The maximum Gasteiger partial charge on any atom is 0.266 e. The number of nitrogens with one attached hydrogen (secondary N) is 1. The smallest absolute Gasteiger partial charge is 0.266 e. The van der Waals surface area contributed by atoms with Crippen LogP contribution in [0.3, 0.4) is 0 Å². The summed E-state index contributed by atoms with van der Waals surface area (Å²) >= 11 is 11.6. The number of carbonyl (C=O) groups is 1. The molecule has 1 N–H and O–H groups in total. The minimum absolute atomic E-state index is 0.252. The highest BCUT2D eigenvalue weighted by Gasteiger charge is 2.14. The first kappa shape index (κ1) is 16.9. The molecule has 0 spiro atoms. The van der Waals surface area contributed by atoms with E-state index in [1.165, 1.54) is 24.3 Å². The third-order valence-corrected chi connectivity index (χ3v) is 3.21. The van der Waals surface area contributed by atoms with Gasteiger partial charge in [0, 0.05) is 21.3 Å². The number of benzene rings is 2. The zero-order valence-corrected chi connectivity index (χ0v) is 12.9. The second-order valence-electron chi connectivity index (χ2n) is 4.42. The van der Waals surface area contributed by atoms with Crippen LogP contribution in [0.15, 0.2) is 42.0 Å². The maximum atomic E-state index is 13.6. The zero-order valence-electron chi connectivity index (χ0n) is 11.4. The molecule has 7 heteroatoms. The van der Waals surface area contributed by atoms with Crippen LogP contribution in [-0.2, 0) is 4.79 Å². The van der Waals surface area contributed by atoms with Crippen LogP contribution in [0.5, 0.6) is 0 Å². The number of anilines is 1. The molecule has 0 saturated heterocycles. The lowest BCUT2D eigenvalue weighted by Crippen LogP contribution is -2.13. The molecule has 0 aliphatic heterocycles. The van der Waals surface area contributed by atoms with Crippen molar-refractivity contribution in [1.29, 1.82) is 5.26 Å². The van der Waals surface area contributed by atoms with E-state index in [0.717, 1.165) is 18.2 Å². The van der Waals surface area contributed by atoms with Crippen molar-refractivity contribution in [2.75, 3.05) is 5.32 Å². The predicted octanol–water partition coefficient (Wildman–Crippen LogP) is 4.82. The van der Waals surface area contributed by atoms with Crippen LogP contribution in [0.1, 0.15) is 5.56 Å². The molecule has 23 heavy (non-hydrogen) atoms. The van der Waals surface area contributed by atoms with Crippen LogP contribution < -0.4 is 5.32 Å². The number of hydrogen-bond donors (Lipinski definition) is 1. The van der Waals surface area contributed by atoms with Crippen molar-refractivity contribution in [3.63, 3.8) is 0 Å². The van der Waals surface area contributed by atoms with Gasteiger partial charge in [-0.3, -0.25) is 4.79 Å². The maximum absolute atomic E-state index is 13.6. The van der Waals surface area contributed by atoms with Crippen LogP contribution in [0, 0.1) is 23.0 Å². The van der Waals surface area contributed by atoms with Gasteiger partial charge < -0.3 is 5.32 Å². The Balaban J connectivity index is 2.32. The fourth-order valence-corrected chi connectivity index (χ4v) is 2.29. The lowest BCUT2D eigenvalue weighted by atomic mass is 10.1. The monoisotopic (exact) mass is 352 g/mol. The summed E-state index contributed by atoms with van der Waals surface area (Å²) in [6.07, 6.45) is 0.839. The highest BCUT2D eigenvalue weighted by Crippen LogP contribution is 2.23. The summed E-state index contributed by atoms with van der Waals surface area (Å²) in [5.41, 5.74) is -0.684. The molecule has 0 unspecified atom stereocenters. The number of nitrogens with zero attached hydrogens (tertiary/aromatic N) is 1. The molecule has 0 saturated carbocycles. The molecule has 0 atom stereocenters. The third kappa shape index (κ3) is 4.28. The summed E-state index contributed by atoms with van der Waals surface area (Å²) < 4.78 is 27.2. The number of carbonyl (C=O) groups excluding carboxylic acids is 1. The molecule has 0 aliphatic carbocycles. The number of halogens is 4. The largest absolute Gasteiger partial charge is 0.321 e. The summed E-state index contributed by atoms with van der Waals surface area (Å²) in [5, 5.41) is 12.0. The summed E-state index contributed by atoms with van der Waals surface area (Å²) in [5.74, 6) is -2.60. The first-order chi connectivity index (χ1) is 10.9. The van der Waals surface area contributed by atoms with Gasteiger partial charge in [-0.2, -0.15) is 5.26 Å². The highest BCUT2D eigenvalue weighted by molar-refractivity contribution is 6.35. The topological polar surface area (TPSA) is 52.9 Å². The summed E-state index contributed by atoms with van der Waals surface area (Å²) in [4.78, 5) is 12.1. The molecule has 2 aromatic rings. The molecular formula is C16H8Cl2F2N2O. The highest BCUT2D eigenvalue weighted by atomic mass is 35.5. The van der Waals surface area contributed by atoms with Gasteiger partial charge in [0.15, 0.2) is 0 Å². The molecule has 0 bridgehead atoms.